The first-order valence-electron chi connectivity index (χ1n) is 39.0. The first-order chi connectivity index (χ1) is 47.3. The molecule has 3 aliphatic heterocycles. The predicted octanol–water partition coefficient (Wildman–Crippen LogP) is 12.3. The van der Waals surface area contributed by atoms with Gasteiger partial charge in [-0.05, 0) is 57.8 Å². The summed E-state index contributed by atoms with van der Waals surface area (Å²) >= 11 is 0. The second-order valence-corrected chi connectivity index (χ2v) is 27.8. The minimum absolute atomic E-state index is 0.246. The van der Waals surface area contributed by atoms with Crippen LogP contribution in [0.3, 0.4) is 0 Å². The first kappa shape index (κ1) is 88.7. The van der Waals surface area contributed by atoms with Crippen molar-refractivity contribution in [2.24, 2.45) is 0 Å². The molecule has 0 aromatic carbocycles. The van der Waals surface area contributed by atoms with E-state index in [9.17, 15) is 61.0 Å². The van der Waals surface area contributed by atoms with Gasteiger partial charge in [0.05, 0.1) is 38.6 Å². The smallest absolute Gasteiger partial charge is 0.220 e. The Labute approximate surface area is 586 Å². The molecule has 19 nitrogen and oxygen atoms in total. The number of ether oxygens (including phenoxy) is 6. The van der Waals surface area contributed by atoms with E-state index in [0.717, 1.165) is 70.6 Å². The lowest BCUT2D eigenvalue weighted by molar-refractivity contribution is -0.379. The summed E-state index contributed by atoms with van der Waals surface area (Å²) in [5.41, 5.74) is 0. The lowest BCUT2D eigenvalue weighted by atomic mass is 9.96. The molecule has 1 amide bonds. The third-order valence-electron chi connectivity index (χ3n) is 19.3. The molecule has 0 aromatic rings. The topological polar surface area (TPSA) is 307 Å². The van der Waals surface area contributed by atoms with Crippen molar-refractivity contribution in [3.05, 3.63) is 60.8 Å². The number of aliphatic hydroxyl groups is 11. The number of hydrogen-bond donors (Lipinski definition) is 12. The SMILES string of the molecule is CC/C=C\C/C=C\C/C=C\C/C=C\CCCCCCCCCCCCCCCCCCCCCCCCCCCCCCC(=O)NC(COC1OC(CO)C(OC2OC(CO)C(OC3OC(CO)C(O)C(O)C3O)C(O)C2O)C(O)C1O)C(O)/C=C/CCCCCCCCCCC. The van der Waals surface area contributed by atoms with Crippen LogP contribution in [0.1, 0.15) is 296 Å². The average Bonchev–Trinajstić information content (AvgIpc) is 0.790. The van der Waals surface area contributed by atoms with Gasteiger partial charge < -0.3 is 89.9 Å². The maximum atomic E-state index is 13.4. The van der Waals surface area contributed by atoms with Crippen molar-refractivity contribution in [2.45, 2.75) is 401 Å². The summed E-state index contributed by atoms with van der Waals surface area (Å²) in [5.74, 6) is -0.273. The highest BCUT2D eigenvalue weighted by Crippen LogP contribution is 2.33. The van der Waals surface area contributed by atoms with E-state index >= 15 is 0 Å². The van der Waals surface area contributed by atoms with Gasteiger partial charge in [-0.3, -0.25) is 4.79 Å². The van der Waals surface area contributed by atoms with Crippen molar-refractivity contribution < 1.29 is 89.4 Å². The summed E-state index contributed by atoms with van der Waals surface area (Å²) in [6, 6.07) is -0.971. The summed E-state index contributed by atoms with van der Waals surface area (Å²) in [6.07, 6.45) is 48.3. The average molecular weight is 1380 g/mol. The maximum absolute atomic E-state index is 13.4. The second-order valence-electron chi connectivity index (χ2n) is 27.8. The van der Waals surface area contributed by atoms with Crippen molar-refractivity contribution in [1.82, 2.24) is 5.32 Å². The Morgan fingerprint density at radius 1 is 0.381 bits per heavy atom. The van der Waals surface area contributed by atoms with E-state index in [2.05, 4.69) is 67.8 Å². The van der Waals surface area contributed by atoms with Gasteiger partial charge in [0, 0.05) is 6.42 Å². The third-order valence-corrected chi connectivity index (χ3v) is 19.3. The van der Waals surface area contributed by atoms with Gasteiger partial charge in [0.15, 0.2) is 18.9 Å². The molecular formula is C78H141NO18. The van der Waals surface area contributed by atoms with Crippen molar-refractivity contribution in [1.29, 1.82) is 0 Å². The van der Waals surface area contributed by atoms with Gasteiger partial charge in [-0.2, -0.15) is 0 Å². The minimum atomic E-state index is -1.98. The number of nitrogens with one attached hydrogen (secondary N) is 1. The van der Waals surface area contributed by atoms with Crippen LogP contribution >= 0.6 is 0 Å². The highest BCUT2D eigenvalue weighted by atomic mass is 16.8. The van der Waals surface area contributed by atoms with Gasteiger partial charge in [-0.1, -0.05) is 293 Å². The maximum Gasteiger partial charge on any atom is 0.220 e. The third kappa shape index (κ3) is 39.6. The molecular weight excluding hydrogens is 1240 g/mol. The van der Waals surface area contributed by atoms with E-state index < -0.39 is 124 Å². The number of allylic oxidation sites excluding steroid dienone is 9. The number of carbonyl (C=O) groups is 1. The Hall–Kier alpha value is -2.51. The van der Waals surface area contributed by atoms with Crippen LogP contribution in [0.25, 0.3) is 0 Å². The largest absolute Gasteiger partial charge is 0.394 e. The summed E-state index contributed by atoms with van der Waals surface area (Å²) in [5, 5.41) is 120. The molecule has 17 atom stereocenters. The molecule has 0 radical (unpaired) electrons. The molecule has 566 valence electrons. The number of aliphatic hydroxyl groups excluding tert-OH is 11. The van der Waals surface area contributed by atoms with Crippen LogP contribution in [0.2, 0.25) is 0 Å². The van der Waals surface area contributed by atoms with E-state index in [1.54, 1.807) is 6.08 Å². The zero-order chi connectivity index (χ0) is 70.4. The van der Waals surface area contributed by atoms with Gasteiger partial charge >= 0.3 is 0 Å². The van der Waals surface area contributed by atoms with Crippen LogP contribution < -0.4 is 5.32 Å². The molecule has 0 saturated carbocycles. The second kappa shape index (κ2) is 58.9. The molecule has 3 fully saturated rings. The molecule has 3 aliphatic rings. The van der Waals surface area contributed by atoms with Crippen LogP contribution in [0.4, 0.5) is 0 Å². The van der Waals surface area contributed by atoms with E-state index in [4.69, 9.17) is 28.4 Å². The molecule has 0 aromatic heterocycles. The highest BCUT2D eigenvalue weighted by molar-refractivity contribution is 5.76. The van der Waals surface area contributed by atoms with Crippen molar-refractivity contribution >= 4 is 5.91 Å². The number of rotatable bonds is 61. The summed E-state index contributed by atoms with van der Waals surface area (Å²) in [7, 11) is 0. The van der Waals surface area contributed by atoms with Crippen molar-refractivity contribution in [3.63, 3.8) is 0 Å². The molecule has 3 heterocycles. The molecule has 12 N–H and O–H groups in total. The van der Waals surface area contributed by atoms with Gasteiger partial charge in [-0.15, -0.1) is 0 Å². The summed E-state index contributed by atoms with van der Waals surface area (Å²) in [4.78, 5) is 13.4. The lowest BCUT2D eigenvalue weighted by Crippen LogP contribution is -2.66. The Balaban J connectivity index is 1.25. The summed E-state index contributed by atoms with van der Waals surface area (Å²) < 4.78 is 34.3. The van der Waals surface area contributed by atoms with Crippen LogP contribution in [0, 0.1) is 0 Å². The van der Waals surface area contributed by atoms with Crippen molar-refractivity contribution in [3.8, 4) is 0 Å². The molecule has 17 unspecified atom stereocenters. The van der Waals surface area contributed by atoms with Gasteiger partial charge in [0.2, 0.25) is 5.91 Å². The fourth-order valence-corrected chi connectivity index (χ4v) is 13.1. The number of amides is 1. The molecule has 0 bridgehead atoms. The number of unbranched alkanes of at least 4 members (excludes halogenated alkanes) is 37. The number of hydrogen-bond acceptors (Lipinski definition) is 18. The zero-order valence-corrected chi connectivity index (χ0v) is 60.3. The van der Waals surface area contributed by atoms with Gasteiger partial charge in [0.25, 0.3) is 0 Å². The quantitative estimate of drug-likeness (QED) is 0.0199. The fourth-order valence-electron chi connectivity index (χ4n) is 13.1. The van der Waals surface area contributed by atoms with Gasteiger partial charge in [-0.25, -0.2) is 0 Å². The molecule has 0 aliphatic carbocycles. The van der Waals surface area contributed by atoms with Gasteiger partial charge in [0.1, 0.15) is 73.2 Å². The Bertz CT molecular complexity index is 1990. The van der Waals surface area contributed by atoms with E-state index in [1.807, 2.05) is 6.08 Å². The Morgan fingerprint density at radius 2 is 0.711 bits per heavy atom. The number of carbonyl (C=O) groups excluding carboxylic acids is 1. The van der Waals surface area contributed by atoms with E-state index in [1.165, 1.54) is 199 Å². The normalized spacial score (nSPS) is 27.2. The molecule has 97 heavy (non-hydrogen) atoms. The molecule has 3 rings (SSSR count). The fraction of sp³-hybridized carbons (Fsp3) is 0.859. The predicted molar refractivity (Wildman–Crippen MR) is 383 cm³/mol. The summed E-state index contributed by atoms with van der Waals surface area (Å²) in [6.45, 7) is 1.61. The van der Waals surface area contributed by atoms with Crippen molar-refractivity contribution in [2.75, 3.05) is 26.4 Å². The van der Waals surface area contributed by atoms with Crippen LogP contribution in [-0.2, 0) is 33.2 Å². The highest BCUT2D eigenvalue weighted by Gasteiger charge is 2.53. The van der Waals surface area contributed by atoms with Crippen LogP contribution in [0.15, 0.2) is 60.8 Å². The Kier molecular flexibility index (Phi) is 53.9. The molecule has 3 saturated heterocycles. The standard InChI is InChI=1S/C78H141NO18/c1-3-5-7-9-11-13-15-16-17-18-19-20-21-22-23-24-25-26-27-28-29-30-31-32-33-34-35-36-37-38-39-40-41-42-43-44-46-48-50-52-54-56-66(84)79-61(62(83)55-53-51-49-47-45-14-12-10-8-6-4-2)60-92-76-72(90)69(87)74(64(58-81)94-76)97-78-73(91)70(88)75(65(59-82)95-78)96-77-71(89)68(86)67(85)63(57-80)93-77/h5,7,11,13,16-17,19-20,53,55,61-65,67-78,80-83,85-91H,3-4,6,8-10,12,14-15,18,21-52,54,56-60H2,1-2H3,(H,79,84)/b7-5-,13-11-,17-16-,20-19-,55-53+. The Morgan fingerprint density at radius 3 is 1.11 bits per heavy atom. The monoisotopic (exact) mass is 1380 g/mol. The van der Waals surface area contributed by atoms with Crippen LogP contribution in [-0.4, -0.2) is 193 Å². The van der Waals surface area contributed by atoms with E-state index in [0.29, 0.717) is 6.42 Å². The van der Waals surface area contributed by atoms with Crippen LogP contribution in [0.5, 0.6) is 0 Å². The van der Waals surface area contributed by atoms with E-state index in [-0.39, 0.29) is 18.9 Å². The molecule has 19 heteroatoms. The molecule has 0 spiro atoms. The minimum Gasteiger partial charge on any atom is -0.394 e. The zero-order valence-electron chi connectivity index (χ0n) is 60.3. The first-order valence-corrected chi connectivity index (χ1v) is 39.0. The lowest BCUT2D eigenvalue weighted by Gasteiger charge is -2.48.